The van der Waals surface area contributed by atoms with Crippen molar-refractivity contribution in [3.05, 3.63) is 0 Å². The number of ether oxygens (including phenoxy) is 1. The first kappa shape index (κ1) is 23.2. The Morgan fingerprint density at radius 2 is 1.50 bits per heavy atom. The molecule has 0 radical (unpaired) electrons. The molecule has 0 aliphatic heterocycles. The summed E-state index contributed by atoms with van der Waals surface area (Å²) in [6, 6.07) is 0. The lowest BCUT2D eigenvalue weighted by atomic mass is 9.86. The number of ketones is 1. The zero-order chi connectivity index (χ0) is 19.2. The molecule has 26 heavy (non-hydrogen) atoms. The van der Waals surface area contributed by atoms with Crippen molar-refractivity contribution < 1.29 is 14.3 Å². The van der Waals surface area contributed by atoms with Gasteiger partial charge in [0.15, 0.2) is 0 Å². The number of carbonyl (C=O) groups is 2. The molecule has 0 bridgehead atoms. The summed E-state index contributed by atoms with van der Waals surface area (Å²) in [4.78, 5) is 23.5. The zero-order valence-corrected chi connectivity index (χ0v) is 17.6. The molecule has 1 aliphatic carbocycles. The molecule has 1 saturated carbocycles. The van der Waals surface area contributed by atoms with Crippen molar-refractivity contribution in [1.29, 1.82) is 0 Å². The number of Topliss-reactive ketones (excluding diaryl/α,β-unsaturated/α-hetero) is 1. The molecule has 2 atom stereocenters. The molecule has 1 rings (SSSR count). The molecule has 0 N–H and O–H groups in total. The average molecular weight is 367 g/mol. The number of hydrogen-bond donors (Lipinski definition) is 0. The van der Waals surface area contributed by atoms with Crippen molar-refractivity contribution in [2.75, 3.05) is 0 Å². The second-order valence-electron chi connectivity index (χ2n) is 8.48. The number of hydrogen-bond acceptors (Lipinski definition) is 3. The third-order valence-corrected chi connectivity index (χ3v) is 5.74. The number of carbonyl (C=O) groups excluding carboxylic acids is 2. The monoisotopic (exact) mass is 366 g/mol. The molecular formula is C23H42O3. The number of unbranched alkanes of at least 4 members (excludes halogenated alkanes) is 5. The van der Waals surface area contributed by atoms with E-state index in [1.54, 1.807) is 0 Å². The molecule has 3 heteroatoms. The normalized spacial score (nSPS) is 19.8. The molecule has 0 heterocycles. The Hall–Kier alpha value is -0.860. The highest BCUT2D eigenvalue weighted by Gasteiger charge is 2.26. The zero-order valence-electron chi connectivity index (χ0n) is 17.6. The van der Waals surface area contributed by atoms with Crippen LogP contribution in [0.1, 0.15) is 117 Å². The van der Waals surface area contributed by atoms with Gasteiger partial charge in [-0.3, -0.25) is 9.59 Å². The van der Waals surface area contributed by atoms with E-state index in [1.807, 2.05) is 13.8 Å². The lowest BCUT2D eigenvalue weighted by Gasteiger charge is -2.19. The summed E-state index contributed by atoms with van der Waals surface area (Å²) in [5, 5.41) is 0. The van der Waals surface area contributed by atoms with Gasteiger partial charge in [0.25, 0.3) is 0 Å². The van der Waals surface area contributed by atoms with Crippen molar-refractivity contribution in [1.82, 2.24) is 0 Å². The Labute approximate surface area is 161 Å². The largest absolute Gasteiger partial charge is 0.463 e. The average Bonchev–Trinajstić information content (AvgIpc) is 3.03. The van der Waals surface area contributed by atoms with Crippen molar-refractivity contribution in [2.24, 2.45) is 11.8 Å². The van der Waals surface area contributed by atoms with E-state index in [0.29, 0.717) is 12.2 Å². The molecule has 1 fully saturated rings. The Morgan fingerprint density at radius 3 is 2.19 bits per heavy atom. The van der Waals surface area contributed by atoms with E-state index in [2.05, 4.69) is 6.92 Å². The summed E-state index contributed by atoms with van der Waals surface area (Å²) in [5.74, 6) is 2.05. The Kier molecular flexibility index (Phi) is 12.7. The van der Waals surface area contributed by atoms with E-state index in [9.17, 15) is 9.59 Å². The van der Waals surface area contributed by atoms with E-state index >= 15 is 0 Å². The van der Waals surface area contributed by atoms with Crippen LogP contribution in [0.15, 0.2) is 0 Å². The maximum Gasteiger partial charge on any atom is 0.306 e. The van der Waals surface area contributed by atoms with Crippen LogP contribution in [0.3, 0.4) is 0 Å². The summed E-state index contributed by atoms with van der Waals surface area (Å²) in [5.41, 5.74) is 0. The summed E-state index contributed by atoms with van der Waals surface area (Å²) >= 11 is 0. The van der Waals surface area contributed by atoms with Crippen LogP contribution in [0, 0.1) is 11.8 Å². The first-order chi connectivity index (χ1) is 12.5. The molecule has 152 valence electrons. The van der Waals surface area contributed by atoms with Gasteiger partial charge in [0, 0.05) is 19.3 Å². The predicted octanol–water partition coefficient (Wildman–Crippen LogP) is 6.62. The first-order valence-electron chi connectivity index (χ1n) is 11.2. The van der Waals surface area contributed by atoms with Gasteiger partial charge in [0.2, 0.25) is 0 Å². The van der Waals surface area contributed by atoms with Crippen molar-refractivity contribution in [3.63, 3.8) is 0 Å². The van der Waals surface area contributed by atoms with Gasteiger partial charge in [-0.1, -0.05) is 64.7 Å². The summed E-state index contributed by atoms with van der Waals surface area (Å²) in [6.07, 6.45) is 16.6. The van der Waals surface area contributed by atoms with Crippen molar-refractivity contribution >= 4 is 11.8 Å². The van der Waals surface area contributed by atoms with Gasteiger partial charge in [0.05, 0.1) is 6.10 Å². The highest BCUT2D eigenvalue weighted by molar-refractivity contribution is 5.78. The molecule has 3 nitrogen and oxygen atoms in total. The molecule has 0 spiro atoms. The van der Waals surface area contributed by atoms with E-state index in [1.165, 1.54) is 51.4 Å². The van der Waals surface area contributed by atoms with Gasteiger partial charge >= 0.3 is 5.97 Å². The van der Waals surface area contributed by atoms with Crippen LogP contribution in [0.25, 0.3) is 0 Å². The third-order valence-electron chi connectivity index (χ3n) is 5.74. The molecule has 0 aromatic heterocycles. The van der Waals surface area contributed by atoms with E-state index in [0.717, 1.165) is 50.4 Å². The maximum absolute atomic E-state index is 12.0. The Bertz CT molecular complexity index is 389. The predicted molar refractivity (Wildman–Crippen MR) is 108 cm³/mol. The van der Waals surface area contributed by atoms with Crippen LogP contribution in [-0.2, 0) is 14.3 Å². The molecule has 0 saturated heterocycles. The van der Waals surface area contributed by atoms with Gasteiger partial charge in [-0.15, -0.1) is 0 Å². The highest BCUT2D eigenvalue weighted by Crippen LogP contribution is 2.38. The minimum absolute atomic E-state index is 0.000302. The second kappa shape index (κ2) is 14.2. The molecule has 1 aliphatic rings. The fraction of sp³-hybridized carbons (Fsp3) is 0.913. The van der Waals surface area contributed by atoms with Gasteiger partial charge in [0.1, 0.15) is 5.78 Å². The van der Waals surface area contributed by atoms with Gasteiger partial charge in [-0.2, -0.15) is 0 Å². The Balaban J connectivity index is 2.07. The van der Waals surface area contributed by atoms with Gasteiger partial charge < -0.3 is 4.74 Å². The molecule has 0 unspecified atom stereocenters. The van der Waals surface area contributed by atoms with Crippen LogP contribution in [-0.4, -0.2) is 17.9 Å². The van der Waals surface area contributed by atoms with E-state index < -0.39 is 0 Å². The fourth-order valence-corrected chi connectivity index (χ4v) is 4.27. The highest BCUT2D eigenvalue weighted by atomic mass is 16.5. The molecule has 0 amide bonds. The third kappa shape index (κ3) is 11.0. The quantitative estimate of drug-likeness (QED) is 0.241. The summed E-state index contributed by atoms with van der Waals surface area (Å²) < 4.78 is 5.16. The molecule has 0 aromatic rings. The van der Waals surface area contributed by atoms with E-state index in [4.69, 9.17) is 4.74 Å². The standard InChI is InChI=1S/C23H42O3/c1-4-5-8-15-22(24)18-17-21-14-11-13-20(21)12-9-6-7-10-16-23(25)26-19(2)3/h19-21H,4-18H2,1-3H3/t20-,21+/m0/s1. The van der Waals surface area contributed by atoms with Crippen molar-refractivity contribution in [3.8, 4) is 0 Å². The summed E-state index contributed by atoms with van der Waals surface area (Å²) in [6.45, 7) is 5.98. The van der Waals surface area contributed by atoms with Crippen LogP contribution in [0.5, 0.6) is 0 Å². The van der Waals surface area contributed by atoms with Crippen LogP contribution in [0.4, 0.5) is 0 Å². The van der Waals surface area contributed by atoms with Gasteiger partial charge in [-0.25, -0.2) is 0 Å². The van der Waals surface area contributed by atoms with E-state index in [-0.39, 0.29) is 12.1 Å². The second-order valence-corrected chi connectivity index (χ2v) is 8.48. The maximum atomic E-state index is 12.0. The van der Waals surface area contributed by atoms with Crippen molar-refractivity contribution in [2.45, 2.75) is 123 Å². The van der Waals surface area contributed by atoms with Crippen LogP contribution >= 0.6 is 0 Å². The number of esters is 1. The SMILES string of the molecule is CCCCCC(=O)CC[C@H]1CCC[C@@H]1CCCCCCC(=O)OC(C)C. The summed E-state index contributed by atoms with van der Waals surface area (Å²) in [7, 11) is 0. The first-order valence-corrected chi connectivity index (χ1v) is 11.2. The lowest BCUT2D eigenvalue weighted by molar-refractivity contribution is -0.147. The fourth-order valence-electron chi connectivity index (χ4n) is 4.27. The minimum Gasteiger partial charge on any atom is -0.463 e. The molecular weight excluding hydrogens is 324 g/mol. The number of rotatable bonds is 15. The minimum atomic E-state index is -0.0561. The van der Waals surface area contributed by atoms with Crippen LogP contribution in [0.2, 0.25) is 0 Å². The molecule has 0 aromatic carbocycles. The van der Waals surface area contributed by atoms with Gasteiger partial charge in [-0.05, 0) is 44.9 Å². The lowest BCUT2D eigenvalue weighted by Crippen LogP contribution is -2.11. The Morgan fingerprint density at radius 1 is 0.846 bits per heavy atom. The topological polar surface area (TPSA) is 43.4 Å². The smallest absolute Gasteiger partial charge is 0.306 e. The van der Waals surface area contributed by atoms with Crippen LogP contribution < -0.4 is 0 Å².